The fourth-order valence-electron chi connectivity index (χ4n) is 2.89. The molecule has 1 atom stereocenters. The van der Waals surface area contributed by atoms with Gasteiger partial charge in [-0.25, -0.2) is 0 Å². The number of anilines is 2. The first kappa shape index (κ1) is 15.8. The molecule has 0 aromatic heterocycles. The summed E-state index contributed by atoms with van der Waals surface area (Å²) in [5.74, 6) is -0.738. The molecule has 2 aromatic carbocycles. The number of nitrogens with one attached hydrogen (secondary N) is 1. The van der Waals surface area contributed by atoms with Gasteiger partial charge in [0.25, 0.3) is 0 Å². The Labute approximate surface area is 140 Å². The van der Waals surface area contributed by atoms with Crippen molar-refractivity contribution in [3.63, 3.8) is 0 Å². The second-order valence-corrected chi connectivity index (χ2v) is 5.89. The third-order valence-electron chi connectivity index (χ3n) is 4.10. The summed E-state index contributed by atoms with van der Waals surface area (Å²) in [6, 6.07) is 16.6. The van der Waals surface area contributed by atoms with E-state index in [1.165, 1.54) is 4.90 Å². The molecule has 120 valence electrons. The van der Waals surface area contributed by atoms with Crippen LogP contribution >= 0.6 is 0 Å². The van der Waals surface area contributed by atoms with Crippen LogP contribution in [0.1, 0.15) is 17.5 Å². The number of hydrogen-bond donors (Lipinski definition) is 1. The van der Waals surface area contributed by atoms with E-state index < -0.39 is 5.92 Å². The molecule has 2 aromatic rings. The van der Waals surface area contributed by atoms with Gasteiger partial charge in [0.05, 0.1) is 17.2 Å². The Morgan fingerprint density at radius 3 is 2.79 bits per heavy atom. The SMILES string of the molecule is Cc1cccc(NC(=O)C2CC(=O)N(c3ccccc3C#N)C2)c1. The maximum Gasteiger partial charge on any atom is 0.229 e. The Bertz CT molecular complexity index is 839. The lowest BCUT2D eigenvalue weighted by Crippen LogP contribution is -2.28. The summed E-state index contributed by atoms with van der Waals surface area (Å²) in [5.41, 5.74) is 2.78. The lowest BCUT2D eigenvalue weighted by molar-refractivity contribution is -0.122. The molecule has 1 aliphatic rings. The van der Waals surface area contributed by atoms with E-state index in [1.54, 1.807) is 24.3 Å². The summed E-state index contributed by atoms with van der Waals surface area (Å²) in [6.07, 6.45) is 0.150. The molecule has 1 fully saturated rings. The number of carbonyl (C=O) groups is 2. The molecular weight excluding hydrogens is 302 g/mol. The Morgan fingerprint density at radius 2 is 2.04 bits per heavy atom. The van der Waals surface area contributed by atoms with Crippen LogP contribution in [0, 0.1) is 24.2 Å². The fraction of sp³-hybridized carbons (Fsp3) is 0.211. The summed E-state index contributed by atoms with van der Waals surface area (Å²) in [4.78, 5) is 26.3. The largest absolute Gasteiger partial charge is 0.326 e. The van der Waals surface area contributed by atoms with Gasteiger partial charge in [-0.05, 0) is 36.8 Å². The molecule has 3 rings (SSSR count). The monoisotopic (exact) mass is 319 g/mol. The molecule has 24 heavy (non-hydrogen) atoms. The highest BCUT2D eigenvalue weighted by molar-refractivity contribution is 6.04. The fourth-order valence-corrected chi connectivity index (χ4v) is 2.89. The number of benzene rings is 2. The van der Waals surface area contributed by atoms with E-state index in [2.05, 4.69) is 11.4 Å². The first-order valence-electron chi connectivity index (χ1n) is 7.75. The lowest BCUT2D eigenvalue weighted by Gasteiger charge is -2.18. The van der Waals surface area contributed by atoms with Crippen LogP contribution in [0.4, 0.5) is 11.4 Å². The highest BCUT2D eigenvalue weighted by Crippen LogP contribution is 2.28. The van der Waals surface area contributed by atoms with E-state index in [4.69, 9.17) is 0 Å². The zero-order chi connectivity index (χ0) is 17.1. The standard InChI is InChI=1S/C19H17N3O2/c1-13-5-4-7-16(9-13)21-19(24)15-10-18(23)22(12-15)17-8-3-2-6-14(17)11-20/h2-9,15H,10,12H2,1H3,(H,21,24). The van der Waals surface area contributed by atoms with E-state index in [-0.39, 0.29) is 24.8 Å². The maximum absolute atomic E-state index is 12.4. The molecule has 0 aliphatic carbocycles. The van der Waals surface area contributed by atoms with Gasteiger partial charge < -0.3 is 10.2 Å². The molecule has 2 amide bonds. The lowest BCUT2D eigenvalue weighted by atomic mass is 10.1. The molecule has 5 heteroatoms. The van der Waals surface area contributed by atoms with Gasteiger partial charge >= 0.3 is 0 Å². The van der Waals surface area contributed by atoms with E-state index in [0.717, 1.165) is 11.3 Å². The van der Waals surface area contributed by atoms with Crippen molar-refractivity contribution in [3.8, 4) is 6.07 Å². The van der Waals surface area contributed by atoms with Crippen LogP contribution in [0.15, 0.2) is 48.5 Å². The second kappa shape index (κ2) is 6.55. The highest BCUT2D eigenvalue weighted by Gasteiger charge is 2.36. The molecule has 1 aliphatic heterocycles. The van der Waals surface area contributed by atoms with Gasteiger partial charge in [0.1, 0.15) is 6.07 Å². The van der Waals surface area contributed by atoms with Crippen LogP contribution < -0.4 is 10.2 Å². The van der Waals surface area contributed by atoms with E-state index in [0.29, 0.717) is 11.3 Å². The third-order valence-corrected chi connectivity index (χ3v) is 4.10. The number of carbonyl (C=O) groups excluding carboxylic acids is 2. The molecule has 0 saturated carbocycles. The normalized spacial score (nSPS) is 16.8. The van der Waals surface area contributed by atoms with Gasteiger partial charge in [0.15, 0.2) is 0 Å². The third kappa shape index (κ3) is 3.13. The molecular formula is C19H17N3O2. The van der Waals surface area contributed by atoms with Crippen LogP contribution in [0.5, 0.6) is 0 Å². The quantitative estimate of drug-likeness (QED) is 0.945. The van der Waals surface area contributed by atoms with Gasteiger partial charge in [-0.3, -0.25) is 9.59 Å². The van der Waals surface area contributed by atoms with Crippen molar-refractivity contribution in [1.82, 2.24) is 0 Å². The summed E-state index contributed by atoms with van der Waals surface area (Å²) >= 11 is 0. The van der Waals surface area contributed by atoms with Crippen LogP contribution in [0.25, 0.3) is 0 Å². The van der Waals surface area contributed by atoms with E-state index >= 15 is 0 Å². The van der Waals surface area contributed by atoms with Crippen molar-refractivity contribution in [2.45, 2.75) is 13.3 Å². The minimum Gasteiger partial charge on any atom is -0.326 e. The summed E-state index contributed by atoms with van der Waals surface area (Å²) < 4.78 is 0. The Hall–Kier alpha value is -3.13. The van der Waals surface area contributed by atoms with Gasteiger partial charge in [-0.1, -0.05) is 24.3 Å². The number of amides is 2. The number of hydrogen-bond acceptors (Lipinski definition) is 3. The number of aryl methyl sites for hydroxylation is 1. The van der Waals surface area contributed by atoms with Crippen LogP contribution in [0.2, 0.25) is 0 Å². The van der Waals surface area contributed by atoms with Crippen LogP contribution in [0.3, 0.4) is 0 Å². The minimum atomic E-state index is -0.426. The predicted molar refractivity (Wildman–Crippen MR) is 91.4 cm³/mol. The molecule has 5 nitrogen and oxygen atoms in total. The average Bonchev–Trinajstić information content (AvgIpc) is 2.96. The molecule has 1 unspecified atom stereocenters. The van der Waals surface area contributed by atoms with Crippen LogP contribution in [-0.4, -0.2) is 18.4 Å². The molecule has 1 N–H and O–H groups in total. The van der Waals surface area contributed by atoms with Gasteiger partial charge in [-0.15, -0.1) is 0 Å². The Balaban J connectivity index is 1.75. The summed E-state index contributed by atoms with van der Waals surface area (Å²) in [7, 11) is 0. The van der Waals surface area contributed by atoms with Crippen molar-refractivity contribution in [3.05, 3.63) is 59.7 Å². The van der Waals surface area contributed by atoms with Gasteiger partial charge in [0.2, 0.25) is 11.8 Å². The van der Waals surface area contributed by atoms with Crippen molar-refractivity contribution >= 4 is 23.2 Å². The van der Waals surface area contributed by atoms with Crippen molar-refractivity contribution < 1.29 is 9.59 Å². The van der Waals surface area contributed by atoms with E-state index in [9.17, 15) is 14.9 Å². The van der Waals surface area contributed by atoms with Crippen LogP contribution in [-0.2, 0) is 9.59 Å². The number of nitriles is 1. The van der Waals surface area contributed by atoms with Crippen molar-refractivity contribution in [2.75, 3.05) is 16.8 Å². The molecule has 1 saturated heterocycles. The zero-order valence-electron chi connectivity index (χ0n) is 13.3. The maximum atomic E-state index is 12.4. The summed E-state index contributed by atoms with van der Waals surface area (Å²) in [6.45, 7) is 2.24. The minimum absolute atomic E-state index is 0.137. The average molecular weight is 319 g/mol. The Kier molecular flexibility index (Phi) is 4.30. The van der Waals surface area contributed by atoms with Gasteiger partial charge in [0, 0.05) is 18.7 Å². The molecule has 0 bridgehead atoms. The first-order chi connectivity index (χ1) is 11.6. The zero-order valence-corrected chi connectivity index (χ0v) is 13.3. The molecule has 0 radical (unpaired) electrons. The predicted octanol–water partition coefficient (Wildman–Crippen LogP) is 2.86. The first-order valence-corrected chi connectivity index (χ1v) is 7.75. The van der Waals surface area contributed by atoms with E-state index in [1.807, 2.05) is 31.2 Å². The smallest absolute Gasteiger partial charge is 0.229 e. The number of rotatable bonds is 3. The Morgan fingerprint density at radius 1 is 1.25 bits per heavy atom. The summed E-state index contributed by atoms with van der Waals surface area (Å²) in [5, 5.41) is 12.1. The van der Waals surface area contributed by atoms with Crippen molar-refractivity contribution in [2.24, 2.45) is 5.92 Å². The van der Waals surface area contributed by atoms with Gasteiger partial charge in [-0.2, -0.15) is 5.26 Å². The highest BCUT2D eigenvalue weighted by atomic mass is 16.2. The molecule has 0 spiro atoms. The molecule has 1 heterocycles. The second-order valence-electron chi connectivity index (χ2n) is 5.89. The van der Waals surface area contributed by atoms with Crippen molar-refractivity contribution in [1.29, 1.82) is 5.26 Å². The number of para-hydroxylation sites is 1. The topological polar surface area (TPSA) is 73.2 Å². The number of nitrogens with zero attached hydrogens (tertiary/aromatic N) is 2.